The van der Waals surface area contributed by atoms with Crippen molar-refractivity contribution in [3.05, 3.63) is 47.3 Å². The lowest BCUT2D eigenvalue weighted by atomic mass is 10.0. The Morgan fingerprint density at radius 1 is 1.30 bits per heavy atom. The second-order valence-electron chi connectivity index (χ2n) is 6.88. The molecule has 0 bridgehead atoms. The Balaban J connectivity index is 1.69. The fraction of sp³-hybridized carbons (Fsp3) is 0.450. The van der Waals surface area contributed by atoms with Crippen molar-refractivity contribution in [1.82, 2.24) is 20.0 Å². The van der Waals surface area contributed by atoms with Crippen molar-refractivity contribution in [2.75, 3.05) is 25.0 Å². The average molecular weight is 369 g/mol. The Bertz CT molecular complexity index is 815. The Morgan fingerprint density at radius 2 is 2.04 bits per heavy atom. The highest BCUT2D eigenvalue weighted by Gasteiger charge is 2.31. The van der Waals surface area contributed by atoms with Gasteiger partial charge < -0.3 is 10.6 Å². The van der Waals surface area contributed by atoms with Gasteiger partial charge in [0.05, 0.1) is 29.7 Å². The predicted octanol–water partition coefficient (Wildman–Crippen LogP) is 1.50. The molecular formula is C20H27N5O2. The number of piperazine rings is 1. The maximum absolute atomic E-state index is 12.7. The van der Waals surface area contributed by atoms with Crippen LogP contribution in [-0.2, 0) is 22.6 Å². The number of aryl methyl sites for hydroxylation is 2. The minimum Gasteiger partial charge on any atom is -0.353 e. The van der Waals surface area contributed by atoms with Gasteiger partial charge in [-0.25, -0.2) is 0 Å². The Labute approximate surface area is 159 Å². The molecule has 1 aromatic heterocycles. The molecule has 0 spiro atoms. The van der Waals surface area contributed by atoms with Crippen LogP contribution in [0.5, 0.6) is 0 Å². The second kappa shape index (κ2) is 8.35. The quantitative estimate of drug-likeness (QED) is 0.809. The number of aromatic nitrogens is 2. The van der Waals surface area contributed by atoms with E-state index in [0.717, 1.165) is 29.2 Å². The van der Waals surface area contributed by atoms with E-state index in [1.54, 1.807) is 0 Å². The van der Waals surface area contributed by atoms with E-state index in [0.29, 0.717) is 19.5 Å². The van der Waals surface area contributed by atoms with Gasteiger partial charge in [0.25, 0.3) is 0 Å². The van der Waals surface area contributed by atoms with E-state index in [9.17, 15) is 9.59 Å². The smallest absolute Gasteiger partial charge is 0.238 e. The zero-order chi connectivity index (χ0) is 19.4. The molecule has 0 unspecified atom stereocenters. The van der Waals surface area contributed by atoms with Gasteiger partial charge in [-0.1, -0.05) is 30.3 Å². The Hall–Kier alpha value is -2.67. The standard InChI is InChI=1S/C20H27N5O2/c1-4-25-15(3)19(14(2)23-25)22-18(26)13-24-11-10-21-20(27)17(24)12-16-8-6-5-7-9-16/h5-9,17H,4,10-13H2,1-3H3,(H,21,27)(H,22,26)/t17-/m0/s1. The fourth-order valence-corrected chi connectivity index (χ4v) is 3.56. The van der Waals surface area contributed by atoms with Crippen LogP contribution in [0.2, 0.25) is 0 Å². The molecule has 2 N–H and O–H groups in total. The van der Waals surface area contributed by atoms with E-state index in [4.69, 9.17) is 0 Å². The summed E-state index contributed by atoms with van der Waals surface area (Å²) >= 11 is 0. The third-order valence-electron chi connectivity index (χ3n) is 5.01. The van der Waals surface area contributed by atoms with Crippen molar-refractivity contribution in [3.63, 3.8) is 0 Å². The minimum atomic E-state index is -0.340. The molecule has 2 aromatic rings. The van der Waals surface area contributed by atoms with Crippen molar-refractivity contribution in [2.45, 2.75) is 39.8 Å². The first-order valence-electron chi connectivity index (χ1n) is 9.39. The van der Waals surface area contributed by atoms with Crippen LogP contribution in [0.3, 0.4) is 0 Å². The van der Waals surface area contributed by atoms with E-state index in [1.807, 2.05) is 60.7 Å². The number of amides is 2. The lowest BCUT2D eigenvalue weighted by molar-refractivity contribution is -0.130. The van der Waals surface area contributed by atoms with Gasteiger partial charge in [0.15, 0.2) is 0 Å². The van der Waals surface area contributed by atoms with E-state index in [2.05, 4.69) is 15.7 Å². The maximum Gasteiger partial charge on any atom is 0.238 e. The van der Waals surface area contributed by atoms with E-state index < -0.39 is 0 Å². The van der Waals surface area contributed by atoms with Crippen LogP contribution < -0.4 is 10.6 Å². The molecule has 0 radical (unpaired) electrons. The summed E-state index contributed by atoms with van der Waals surface area (Å²) in [5.74, 6) is -0.145. The Morgan fingerprint density at radius 3 is 2.70 bits per heavy atom. The summed E-state index contributed by atoms with van der Waals surface area (Å²) in [6.45, 7) is 8.01. The highest BCUT2D eigenvalue weighted by Crippen LogP contribution is 2.19. The van der Waals surface area contributed by atoms with Crippen LogP contribution in [0.25, 0.3) is 0 Å². The van der Waals surface area contributed by atoms with Gasteiger partial charge >= 0.3 is 0 Å². The average Bonchev–Trinajstić information content (AvgIpc) is 2.93. The Kier molecular flexibility index (Phi) is 5.91. The van der Waals surface area contributed by atoms with Gasteiger partial charge in [-0.2, -0.15) is 5.10 Å². The van der Waals surface area contributed by atoms with Gasteiger partial charge in [-0.15, -0.1) is 0 Å². The van der Waals surface area contributed by atoms with Crippen LogP contribution in [0, 0.1) is 13.8 Å². The van der Waals surface area contributed by atoms with Crippen molar-refractivity contribution in [3.8, 4) is 0 Å². The topological polar surface area (TPSA) is 79.3 Å². The number of anilines is 1. The van der Waals surface area contributed by atoms with Gasteiger partial charge in [-0.05, 0) is 32.8 Å². The van der Waals surface area contributed by atoms with Gasteiger partial charge in [0, 0.05) is 19.6 Å². The van der Waals surface area contributed by atoms with Gasteiger partial charge in [-0.3, -0.25) is 19.2 Å². The number of carbonyl (C=O) groups excluding carboxylic acids is 2. The first kappa shape index (κ1) is 19.1. The summed E-state index contributed by atoms with van der Waals surface area (Å²) in [6.07, 6.45) is 0.589. The molecule has 1 aromatic carbocycles. The molecule has 2 amide bonds. The molecule has 7 heteroatoms. The van der Waals surface area contributed by atoms with Crippen molar-refractivity contribution in [1.29, 1.82) is 0 Å². The van der Waals surface area contributed by atoms with E-state index in [-0.39, 0.29) is 24.4 Å². The summed E-state index contributed by atoms with van der Waals surface area (Å²) in [5.41, 5.74) is 3.60. The van der Waals surface area contributed by atoms with Crippen molar-refractivity contribution >= 4 is 17.5 Å². The zero-order valence-corrected chi connectivity index (χ0v) is 16.2. The van der Waals surface area contributed by atoms with Crippen LogP contribution in [-0.4, -0.2) is 52.2 Å². The van der Waals surface area contributed by atoms with Crippen LogP contribution in [0.4, 0.5) is 5.69 Å². The maximum atomic E-state index is 12.7. The third-order valence-corrected chi connectivity index (χ3v) is 5.01. The number of hydrogen-bond acceptors (Lipinski definition) is 4. The molecule has 27 heavy (non-hydrogen) atoms. The molecule has 1 saturated heterocycles. The molecule has 1 aliphatic rings. The number of nitrogens with one attached hydrogen (secondary N) is 2. The van der Waals surface area contributed by atoms with Crippen molar-refractivity contribution in [2.24, 2.45) is 0 Å². The van der Waals surface area contributed by atoms with Crippen LogP contribution in [0.15, 0.2) is 30.3 Å². The fourth-order valence-electron chi connectivity index (χ4n) is 3.56. The minimum absolute atomic E-state index is 0.0240. The van der Waals surface area contributed by atoms with Gasteiger partial charge in [0.2, 0.25) is 11.8 Å². The molecule has 3 rings (SSSR count). The van der Waals surface area contributed by atoms with E-state index in [1.165, 1.54) is 0 Å². The normalized spacial score (nSPS) is 17.6. The number of rotatable bonds is 6. The largest absolute Gasteiger partial charge is 0.353 e. The van der Waals surface area contributed by atoms with Crippen molar-refractivity contribution < 1.29 is 9.59 Å². The molecule has 1 fully saturated rings. The number of carbonyl (C=O) groups is 2. The molecule has 7 nitrogen and oxygen atoms in total. The first-order chi connectivity index (χ1) is 13.0. The monoisotopic (exact) mass is 369 g/mol. The van der Waals surface area contributed by atoms with Crippen LogP contribution in [0.1, 0.15) is 23.9 Å². The molecule has 2 heterocycles. The molecule has 0 saturated carbocycles. The predicted molar refractivity (Wildman–Crippen MR) is 105 cm³/mol. The lowest BCUT2D eigenvalue weighted by Gasteiger charge is -2.34. The number of benzene rings is 1. The number of hydrogen-bond donors (Lipinski definition) is 2. The molecular weight excluding hydrogens is 342 g/mol. The molecule has 0 aliphatic carbocycles. The summed E-state index contributed by atoms with van der Waals surface area (Å²) in [4.78, 5) is 27.0. The molecule has 1 atom stereocenters. The zero-order valence-electron chi connectivity index (χ0n) is 16.2. The first-order valence-corrected chi connectivity index (χ1v) is 9.39. The number of nitrogens with zero attached hydrogens (tertiary/aromatic N) is 3. The summed E-state index contributed by atoms with van der Waals surface area (Å²) < 4.78 is 1.87. The summed E-state index contributed by atoms with van der Waals surface area (Å²) in [7, 11) is 0. The molecule has 1 aliphatic heterocycles. The van der Waals surface area contributed by atoms with Gasteiger partial charge in [0.1, 0.15) is 0 Å². The third kappa shape index (κ3) is 4.36. The lowest BCUT2D eigenvalue weighted by Crippen LogP contribution is -2.57. The summed E-state index contributed by atoms with van der Waals surface area (Å²) in [5, 5.41) is 10.3. The molecule has 144 valence electrons. The summed E-state index contributed by atoms with van der Waals surface area (Å²) in [6, 6.07) is 9.55. The van der Waals surface area contributed by atoms with Crippen LogP contribution >= 0.6 is 0 Å². The highest BCUT2D eigenvalue weighted by atomic mass is 16.2. The highest BCUT2D eigenvalue weighted by molar-refractivity contribution is 5.94. The second-order valence-corrected chi connectivity index (χ2v) is 6.88. The van der Waals surface area contributed by atoms with E-state index >= 15 is 0 Å². The SMILES string of the molecule is CCn1nc(C)c(NC(=O)CN2CCNC(=O)[C@@H]2Cc2ccccc2)c1C.